The highest BCUT2D eigenvalue weighted by molar-refractivity contribution is 7.99. The monoisotopic (exact) mass is 254 g/mol. The van der Waals surface area contributed by atoms with Gasteiger partial charge in [0.1, 0.15) is 5.69 Å². The average molecular weight is 254 g/mol. The van der Waals surface area contributed by atoms with Crippen LogP contribution in [0.25, 0.3) is 11.3 Å². The average Bonchev–Trinajstić information content (AvgIpc) is 2.30. The smallest absolute Gasteiger partial charge is 0.288 e. The van der Waals surface area contributed by atoms with E-state index < -0.39 is 5.76 Å². The number of halogens is 2. The van der Waals surface area contributed by atoms with E-state index in [2.05, 4.69) is 9.97 Å². The zero-order valence-electron chi connectivity index (χ0n) is 8.56. The van der Waals surface area contributed by atoms with Gasteiger partial charge in [-0.1, -0.05) is 23.9 Å². The first-order valence-corrected chi connectivity index (χ1v) is 5.64. The topological polar surface area (TPSA) is 45.8 Å². The van der Waals surface area contributed by atoms with Gasteiger partial charge in [0.2, 0.25) is 0 Å². The molecule has 6 heteroatoms. The molecule has 88 valence electrons. The Bertz CT molecular complexity index is 554. The number of benzene rings is 1. The second-order valence-corrected chi connectivity index (χ2v) is 4.23. The number of H-pyrrole nitrogens is 1. The molecule has 1 N–H and O–H groups in total. The van der Waals surface area contributed by atoms with Crippen LogP contribution in [0.1, 0.15) is 0 Å². The van der Waals surface area contributed by atoms with Crippen molar-refractivity contribution in [2.24, 2.45) is 0 Å². The lowest BCUT2D eigenvalue weighted by Crippen LogP contribution is -2.09. The lowest BCUT2D eigenvalue weighted by atomic mass is 10.2. The minimum absolute atomic E-state index is 0.279. The highest BCUT2D eigenvalue weighted by Crippen LogP contribution is 2.26. The predicted molar refractivity (Wildman–Crippen MR) is 62.2 cm³/mol. The molecule has 1 aromatic heterocycles. The van der Waals surface area contributed by atoms with E-state index in [1.165, 1.54) is 12.4 Å². The molecule has 17 heavy (non-hydrogen) atoms. The summed E-state index contributed by atoms with van der Waals surface area (Å²) >= 11 is 0.467. The first-order chi connectivity index (χ1) is 8.16. The van der Waals surface area contributed by atoms with Gasteiger partial charge in [-0.2, -0.15) is 8.78 Å². The zero-order valence-corrected chi connectivity index (χ0v) is 9.38. The van der Waals surface area contributed by atoms with E-state index in [1.54, 1.807) is 24.3 Å². The normalized spacial score (nSPS) is 10.8. The fourth-order valence-corrected chi connectivity index (χ4v) is 1.85. The van der Waals surface area contributed by atoms with Gasteiger partial charge in [-0.25, -0.2) is 4.98 Å². The van der Waals surface area contributed by atoms with Gasteiger partial charge in [0.25, 0.3) is 11.3 Å². The van der Waals surface area contributed by atoms with E-state index in [4.69, 9.17) is 0 Å². The number of aromatic nitrogens is 2. The van der Waals surface area contributed by atoms with E-state index in [0.29, 0.717) is 22.2 Å². The third-order valence-corrected chi connectivity index (χ3v) is 2.78. The molecule has 0 atom stereocenters. The lowest BCUT2D eigenvalue weighted by molar-refractivity contribution is 0.252. The maximum Gasteiger partial charge on any atom is 0.288 e. The highest BCUT2D eigenvalue weighted by Gasteiger charge is 2.07. The number of hydrogen-bond acceptors (Lipinski definition) is 3. The minimum atomic E-state index is -2.45. The largest absolute Gasteiger partial charge is 0.326 e. The molecular weight excluding hydrogens is 246 g/mol. The molecule has 0 aliphatic heterocycles. The zero-order chi connectivity index (χ0) is 12.3. The van der Waals surface area contributed by atoms with Crippen molar-refractivity contribution >= 4 is 11.8 Å². The van der Waals surface area contributed by atoms with E-state index in [9.17, 15) is 13.6 Å². The number of nitrogens with one attached hydrogen (secondary N) is 1. The molecule has 0 unspecified atom stereocenters. The summed E-state index contributed by atoms with van der Waals surface area (Å²) in [6.07, 6.45) is 2.91. The Morgan fingerprint density at radius 3 is 2.53 bits per heavy atom. The number of thioether (sulfide) groups is 1. The quantitative estimate of drug-likeness (QED) is 0.857. The third-order valence-electron chi connectivity index (χ3n) is 2.06. The highest BCUT2D eigenvalue weighted by atomic mass is 32.2. The third kappa shape index (κ3) is 2.91. The summed E-state index contributed by atoms with van der Waals surface area (Å²) in [6, 6.07) is 6.28. The molecule has 2 rings (SSSR count). The van der Waals surface area contributed by atoms with E-state index >= 15 is 0 Å². The number of alkyl halides is 2. The molecule has 0 fully saturated rings. The van der Waals surface area contributed by atoms with Crippen LogP contribution in [-0.2, 0) is 0 Å². The summed E-state index contributed by atoms with van der Waals surface area (Å²) in [5.74, 6) is -2.45. The van der Waals surface area contributed by atoms with Crippen molar-refractivity contribution in [1.82, 2.24) is 9.97 Å². The molecule has 0 spiro atoms. The van der Waals surface area contributed by atoms with Crippen LogP contribution >= 0.6 is 11.8 Å². The molecule has 0 aliphatic carbocycles. The van der Waals surface area contributed by atoms with Crippen molar-refractivity contribution < 1.29 is 8.78 Å². The fourth-order valence-electron chi connectivity index (χ4n) is 1.35. The van der Waals surface area contributed by atoms with Crippen molar-refractivity contribution in [2.45, 2.75) is 10.7 Å². The summed E-state index contributed by atoms with van der Waals surface area (Å²) in [5.41, 5.74) is 0.577. The number of nitrogens with zero attached hydrogens (tertiary/aromatic N) is 1. The molecule has 0 radical (unpaired) electrons. The van der Waals surface area contributed by atoms with Gasteiger partial charge in [-0.15, -0.1) is 0 Å². The van der Waals surface area contributed by atoms with Crippen molar-refractivity contribution in [3.05, 3.63) is 47.0 Å². The van der Waals surface area contributed by atoms with Crippen molar-refractivity contribution in [2.75, 3.05) is 0 Å². The molecule has 0 saturated heterocycles. The van der Waals surface area contributed by atoms with Crippen LogP contribution in [0.2, 0.25) is 0 Å². The summed E-state index contributed by atoms with van der Waals surface area (Å²) in [4.78, 5) is 18.3. The minimum Gasteiger partial charge on any atom is -0.326 e. The van der Waals surface area contributed by atoms with E-state index in [0.717, 1.165) is 0 Å². The Hall–Kier alpha value is -1.69. The van der Waals surface area contributed by atoms with Gasteiger partial charge >= 0.3 is 0 Å². The number of hydrogen-bond donors (Lipinski definition) is 1. The molecule has 1 aromatic carbocycles. The lowest BCUT2D eigenvalue weighted by Gasteiger charge is -2.02. The van der Waals surface area contributed by atoms with Gasteiger partial charge in [0.05, 0.1) is 0 Å². The second kappa shape index (κ2) is 5.09. The van der Waals surface area contributed by atoms with Crippen molar-refractivity contribution in [3.63, 3.8) is 0 Å². The Kier molecular flexibility index (Phi) is 3.53. The summed E-state index contributed by atoms with van der Waals surface area (Å²) < 4.78 is 24.2. The van der Waals surface area contributed by atoms with Crippen molar-refractivity contribution in [1.29, 1.82) is 0 Å². The molecular formula is C11H8F2N2OS. The molecule has 2 aromatic rings. The van der Waals surface area contributed by atoms with Gasteiger partial charge < -0.3 is 4.98 Å². The van der Waals surface area contributed by atoms with Crippen LogP contribution in [0.15, 0.2) is 46.3 Å². The Morgan fingerprint density at radius 1 is 1.24 bits per heavy atom. The van der Waals surface area contributed by atoms with Gasteiger partial charge in [-0.05, 0) is 12.1 Å². The summed E-state index contributed by atoms with van der Waals surface area (Å²) in [5, 5.41) is 0. The maximum atomic E-state index is 12.1. The SMILES string of the molecule is O=c1[nH]ccnc1-c1ccc(SC(F)F)cc1. The Morgan fingerprint density at radius 2 is 1.94 bits per heavy atom. The predicted octanol–water partition coefficient (Wildman–Crippen LogP) is 2.75. The van der Waals surface area contributed by atoms with Crippen LogP contribution in [0.4, 0.5) is 8.78 Å². The molecule has 0 aliphatic rings. The van der Waals surface area contributed by atoms with E-state index in [-0.39, 0.29) is 11.3 Å². The Balaban J connectivity index is 2.30. The van der Waals surface area contributed by atoms with Crippen LogP contribution in [0.5, 0.6) is 0 Å². The first-order valence-electron chi connectivity index (χ1n) is 4.76. The van der Waals surface area contributed by atoms with Crippen LogP contribution in [-0.4, -0.2) is 15.7 Å². The maximum absolute atomic E-state index is 12.1. The molecule has 0 amide bonds. The number of aromatic amines is 1. The first kappa shape index (κ1) is 11.8. The van der Waals surface area contributed by atoms with Gasteiger partial charge in [0.15, 0.2) is 0 Å². The summed E-state index contributed by atoms with van der Waals surface area (Å²) in [7, 11) is 0. The molecule has 0 saturated carbocycles. The summed E-state index contributed by atoms with van der Waals surface area (Å²) in [6.45, 7) is 0. The number of rotatable bonds is 3. The van der Waals surface area contributed by atoms with Crippen LogP contribution in [0, 0.1) is 0 Å². The molecule has 1 heterocycles. The molecule has 3 nitrogen and oxygen atoms in total. The van der Waals surface area contributed by atoms with Gasteiger partial charge in [-0.3, -0.25) is 4.79 Å². The fraction of sp³-hybridized carbons (Fsp3) is 0.0909. The van der Waals surface area contributed by atoms with Gasteiger partial charge in [0, 0.05) is 22.9 Å². The second-order valence-electron chi connectivity index (χ2n) is 3.17. The van der Waals surface area contributed by atoms with Crippen molar-refractivity contribution in [3.8, 4) is 11.3 Å². The molecule has 0 bridgehead atoms. The van der Waals surface area contributed by atoms with Crippen LogP contribution < -0.4 is 5.56 Å². The Labute approximate surface area is 99.9 Å². The van der Waals surface area contributed by atoms with Crippen LogP contribution in [0.3, 0.4) is 0 Å². The van der Waals surface area contributed by atoms with E-state index in [1.807, 2.05) is 0 Å². The standard InChI is InChI=1S/C11H8F2N2OS/c12-11(13)17-8-3-1-7(2-4-8)9-10(16)15-6-5-14-9/h1-6,11H,(H,15,16).